The van der Waals surface area contributed by atoms with Gasteiger partial charge in [-0.1, -0.05) is 6.08 Å². The van der Waals surface area contributed by atoms with Crippen molar-refractivity contribution in [2.45, 2.75) is 50.6 Å². The first-order valence-electron chi connectivity index (χ1n) is 7.00. The number of aliphatic carboxylic acids is 1. The van der Waals surface area contributed by atoms with Crippen LogP contribution in [0.3, 0.4) is 0 Å². The molecule has 2 amide bonds. The largest absolute Gasteiger partial charge is 0.481 e. The first-order chi connectivity index (χ1) is 9.11. The zero-order chi connectivity index (χ0) is 13.8. The molecule has 0 aromatic heterocycles. The van der Waals surface area contributed by atoms with Crippen molar-refractivity contribution < 1.29 is 14.7 Å². The highest BCUT2D eigenvalue weighted by atomic mass is 16.4. The van der Waals surface area contributed by atoms with E-state index in [1.807, 2.05) is 4.90 Å². The van der Waals surface area contributed by atoms with Crippen LogP contribution in [-0.2, 0) is 4.79 Å². The normalized spacial score (nSPS) is 29.1. The number of fused-ring (bicyclic) bond motifs is 2. The van der Waals surface area contributed by atoms with Crippen molar-refractivity contribution in [2.75, 3.05) is 6.54 Å². The molecule has 2 unspecified atom stereocenters. The molecule has 2 bridgehead atoms. The van der Waals surface area contributed by atoms with E-state index < -0.39 is 5.97 Å². The SMILES string of the molecule is C=CCCNC(=O)N1C2CCC1CC(CC(=O)O)C2. The molecule has 0 spiro atoms. The van der Waals surface area contributed by atoms with Crippen LogP contribution in [0.2, 0.25) is 0 Å². The highest BCUT2D eigenvalue weighted by Gasteiger charge is 2.43. The van der Waals surface area contributed by atoms with Crippen molar-refractivity contribution in [2.24, 2.45) is 5.92 Å². The second-order valence-corrected chi connectivity index (χ2v) is 5.54. The first kappa shape index (κ1) is 13.9. The topological polar surface area (TPSA) is 69.6 Å². The lowest BCUT2D eigenvalue weighted by atomic mass is 9.88. The maximum absolute atomic E-state index is 12.1. The molecule has 0 aromatic rings. The van der Waals surface area contributed by atoms with E-state index in [1.165, 1.54) is 0 Å². The standard InChI is InChI=1S/C14H22N2O3/c1-2-3-6-15-14(19)16-11-4-5-12(16)8-10(7-11)9-13(17)18/h2,10-12H,1,3-9H2,(H,15,19)(H,17,18). The summed E-state index contributed by atoms with van der Waals surface area (Å²) in [6.07, 6.45) is 6.48. The van der Waals surface area contributed by atoms with Gasteiger partial charge in [-0.05, 0) is 38.0 Å². The minimum atomic E-state index is -0.728. The van der Waals surface area contributed by atoms with E-state index in [1.54, 1.807) is 6.08 Å². The van der Waals surface area contributed by atoms with Crippen LogP contribution in [0.25, 0.3) is 0 Å². The van der Waals surface area contributed by atoms with Gasteiger partial charge in [-0.3, -0.25) is 4.79 Å². The van der Waals surface area contributed by atoms with Crippen LogP contribution in [0.4, 0.5) is 4.79 Å². The fourth-order valence-electron chi connectivity index (χ4n) is 3.41. The molecular weight excluding hydrogens is 244 g/mol. The first-order valence-corrected chi connectivity index (χ1v) is 7.00. The molecule has 5 nitrogen and oxygen atoms in total. The second kappa shape index (κ2) is 6.08. The number of carbonyl (C=O) groups is 2. The van der Waals surface area contributed by atoms with Crippen molar-refractivity contribution in [1.29, 1.82) is 0 Å². The molecule has 2 saturated heterocycles. The average Bonchev–Trinajstić information content (AvgIpc) is 2.61. The molecule has 0 radical (unpaired) electrons. The lowest BCUT2D eigenvalue weighted by Crippen LogP contribution is -2.51. The van der Waals surface area contributed by atoms with Crippen LogP contribution in [0.1, 0.15) is 38.5 Å². The lowest BCUT2D eigenvalue weighted by Gasteiger charge is -2.38. The Hall–Kier alpha value is -1.52. The Morgan fingerprint density at radius 1 is 1.32 bits per heavy atom. The van der Waals surface area contributed by atoms with E-state index in [0.29, 0.717) is 6.54 Å². The van der Waals surface area contributed by atoms with Gasteiger partial charge in [0.15, 0.2) is 0 Å². The van der Waals surface area contributed by atoms with Gasteiger partial charge in [0.25, 0.3) is 0 Å². The maximum atomic E-state index is 12.1. The van der Waals surface area contributed by atoms with Crippen LogP contribution in [-0.4, -0.2) is 40.6 Å². The Morgan fingerprint density at radius 2 is 1.95 bits per heavy atom. The summed E-state index contributed by atoms with van der Waals surface area (Å²) < 4.78 is 0. The summed E-state index contributed by atoms with van der Waals surface area (Å²) in [5.74, 6) is -0.500. The van der Waals surface area contributed by atoms with Crippen LogP contribution in [0.15, 0.2) is 12.7 Å². The second-order valence-electron chi connectivity index (χ2n) is 5.54. The molecule has 0 saturated carbocycles. The monoisotopic (exact) mass is 266 g/mol. The zero-order valence-electron chi connectivity index (χ0n) is 11.2. The summed E-state index contributed by atoms with van der Waals surface area (Å²) in [7, 11) is 0. The Morgan fingerprint density at radius 3 is 2.47 bits per heavy atom. The van der Waals surface area contributed by atoms with Crippen LogP contribution in [0, 0.1) is 5.92 Å². The number of carboxylic acids is 1. The van der Waals surface area contributed by atoms with Gasteiger partial charge in [-0.15, -0.1) is 6.58 Å². The Kier molecular flexibility index (Phi) is 4.45. The molecule has 0 aromatic carbocycles. The molecule has 2 fully saturated rings. The molecule has 0 aliphatic carbocycles. The maximum Gasteiger partial charge on any atom is 0.317 e. The summed E-state index contributed by atoms with van der Waals surface area (Å²) in [6, 6.07) is 0.460. The summed E-state index contributed by atoms with van der Waals surface area (Å²) >= 11 is 0. The van der Waals surface area contributed by atoms with E-state index >= 15 is 0 Å². The molecular formula is C14H22N2O3. The number of carbonyl (C=O) groups excluding carboxylic acids is 1. The van der Waals surface area contributed by atoms with E-state index in [2.05, 4.69) is 11.9 Å². The quantitative estimate of drug-likeness (QED) is 0.590. The number of amides is 2. The fourth-order valence-corrected chi connectivity index (χ4v) is 3.41. The predicted octanol–water partition coefficient (Wildman–Crippen LogP) is 1.99. The zero-order valence-corrected chi connectivity index (χ0v) is 11.2. The number of hydrogen-bond acceptors (Lipinski definition) is 2. The summed E-state index contributed by atoms with van der Waals surface area (Å²) in [5.41, 5.74) is 0. The minimum Gasteiger partial charge on any atom is -0.481 e. The highest BCUT2D eigenvalue weighted by molar-refractivity contribution is 5.75. The van der Waals surface area contributed by atoms with Gasteiger partial charge in [-0.2, -0.15) is 0 Å². The summed E-state index contributed by atoms with van der Waals surface area (Å²) in [5, 5.41) is 11.8. The predicted molar refractivity (Wildman–Crippen MR) is 71.8 cm³/mol. The van der Waals surface area contributed by atoms with Gasteiger partial charge in [0.2, 0.25) is 0 Å². The van der Waals surface area contributed by atoms with Gasteiger partial charge < -0.3 is 15.3 Å². The molecule has 2 atom stereocenters. The van der Waals surface area contributed by atoms with E-state index in [4.69, 9.17) is 5.11 Å². The molecule has 2 N–H and O–H groups in total. The van der Waals surface area contributed by atoms with Gasteiger partial charge in [0, 0.05) is 25.0 Å². The van der Waals surface area contributed by atoms with E-state index in [0.717, 1.165) is 32.1 Å². The number of nitrogens with one attached hydrogen (secondary N) is 1. The average molecular weight is 266 g/mol. The molecule has 2 heterocycles. The van der Waals surface area contributed by atoms with Crippen molar-refractivity contribution in [1.82, 2.24) is 10.2 Å². The fraction of sp³-hybridized carbons (Fsp3) is 0.714. The van der Waals surface area contributed by atoms with E-state index in [-0.39, 0.29) is 30.5 Å². The third kappa shape index (κ3) is 3.28. The van der Waals surface area contributed by atoms with Crippen molar-refractivity contribution in [3.8, 4) is 0 Å². The van der Waals surface area contributed by atoms with Crippen molar-refractivity contribution >= 4 is 12.0 Å². The molecule has 2 aliphatic rings. The summed E-state index contributed by atoms with van der Waals surface area (Å²) in [4.78, 5) is 24.9. The summed E-state index contributed by atoms with van der Waals surface area (Å²) in [6.45, 7) is 4.25. The number of carboxylic acid groups (broad SMARTS) is 1. The van der Waals surface area contributed by atoms with Crippen molar-refractivity contribution in [3.63, 3.8) is 0 Å². The third-order valence-electron chi connectivity index (χ3n) is 4.15. The molecule has 19 heavy (non-hydrogen) atoms. The van der Waals surface area contributed by atoms with Crippen molar-refractivity contribution in [3.05, 3.63) is 12.7 Å². The number of urea groups is 1. The smallest absolute Gasteiger partial charge is 0.317 e. The Labute approximate surface area is 113 Å². The Balaban J connectivity index is 1.89. The van der Waals surface area contributed by atoms with Crippen LogP contribution < -0.4 is 5.32 Å². The molecule has 2 aliphatic heterocycles. The Bertz CT molecular complexity index is 356. The van der Waals surface area contributed by atoms with Crippen LogP contribution in [0.5, 0.6) is 0 Å². The lowest BCUT2D eigenvalue weighted by molar-refractivity contribution is -0.138. The van der Waals surface area contributed by atoms with Gasteiger partial charge in [0.1, 0.15) is 0 Å². The van der Waals surface area contributed by atoms with Gasteiger partial charge in [-0.25, -0.2) is 4.79 Å². The van der Waals surface area contributed by atoms with Gasteiger partial charge >= 0.3 is 12.0 Å². The number of rotatable bonds is 5. The molecule has 2 rings (SSSR count). The van der Waals surface area contributed by atoms with Gasteiger partial charge in [0.05, 0.1) is 0 Å². The third-order valence-corrected chi connectivity index (χ3v) is 4.15. The molecule has 106 valence electrons. The molecule has 5 heteroatoms. The number of hydrogen-bond donors (Lipinski definition) is 2. The highest BCUT2D eigenvalue weighted by Crippen LogP contribution is 2.39. The number of nitrogens with zero attached hydrogens (tertiary/aromatic N) is 1. The minimum absolute atomic E-state index is 0.00289. The van der Waals surface area contributed by atoms with E-state index in [9.17, 15) is 9.59 Å². The van der Waals surface area contributed by atoms with Crippen LogP contribution >= 0.6 is 0 Å². The number of piperidine rings is 1.